The van der Waals surface area contributed by atoms with Crippen LogP contribution in [-0.4, -0.2) is 41.1 Å². The highest BCUT2D eigenvalue weighted by Crippen LogP contribution is 2.40. The second kappa shape index (κ2) is 11.4. The standard InChI is InChI=1S/C33H30Cl2N4O2/c1-5-31(40)37-13-14-38(21(4)19-37)32-26-16-28(35)25(22-9-8-10-23(34)15-22)17-30(26)39(33(41)27(32)18-36)29-12-7-6-11-24(29)20(2)3/h5-12,15-17,20-21H,1,13-14,19H2,2-4H3/t21-/m0/s1. The number of carbonyl (C=O) groups excluding carboxylic acids is 1. The Hall–Kier alpha value is -4.05. The lowest BCUT2D eigenvalue weighted by atomic mass is 9.97. The molecular weight excluding hydrogens is 555 g/mol. The average Bonchev–Trinajstić information content (AvgIpc) is 2.96. The van der Waals surface area contributed by atoms with E-state index in [0.717, 1.165) is 22.4 Å². The summed E-state index contributed by atoms with van der Waals surface area (Å²) >= 11 is 13.3. The fourth-order valence-electron chi connectivity index (χ4n) is 5.71. The quantitative estimate of drug-likeness (QED) is 0.233. The van der Waals surface area contributed by atoms with Crippen molar-refractivity contribution in [2.75, 3.05) is 24.5 Å². The molecule has 0 N–H and O–H groups in total. The molecule has 0 bridgehead atoms. The first-order chi connectivity index (χ1) is 19.7. The number of para-hydroxylation sites is 1. The van der Waals surface area contributed by atoms with Crippen LogP contribution in [0.3, 0.4) is 0 Å². The summed E-state index contributed by atoms with van der Waals surface area (Å²) in [6.45, 7) is 11.1. The molecule has 0 saturated carbocycles. The van der Waals surface area contributed by atoms with Gasteiger partial charge in [0.2, 0.25) is 5.91 Å². The molecule has 0 aliphatic carbocycles. The number of piperazine rings is 1. The van der Waals surface area contributed by atoms with Crippen molar-refractivity contribution in [3.63, 3.8) is 0 Å². The normalized spacial score (nSPS) is 15.3. The summed E-state index contributed by atoms with van der Waals surface area (Å²) in [5.74, 6) is -0.00894. The number of pyridine rings is 1. The first-order valence-corrected chi connectivity index (χ1v) is 14.3. The molecule has 1 atom stereocenters. The molecule has 0 radical (unpaired) electrons. The number of benzene rings is 3. The number of nitrogens with zero attached hydrogens (tertiary/aromatic N) is 4. The van der Waals surface area contributed by atoms with Gasteiger partial charge in [-0.15, -0.1) is 0 Å². The number of carbonyl (C=O) groups is 1. The lowest BCUT2D eigenvalue weighted by molar-refractivity contribution is -0.126. The lowest BCUT2D eigenvalue weighted by Gasteiger charge is -2.41. The van der Waals surface area contributed by atoms with E-state index in [-0.39, 0.29) is 23.4 Å². The van der Waals surface area contributed by atoms with Gasteiger partial charge < -0.3 is 9.80 Å². The summed E-state index contributed by atoms with van der Waals surface area (Å²) in [5, 5.41) is 12.2. The Labute approximate surface area is 249 Å². The Balaban J connectivity index is 1.86. The van der Waals surface area contributed by atoms with E-state index in [1.165, 1.54) is 6.08 Å². The maximum Gasteiger partial charge on any atom is 0.275 e. The fourth-order valence-corrected chi connectivity index (χ4v) is 6.17. The molecule has 4 aromatic rings. The minimum Gasteiger partial charge on any atom is -0.363 e. The van der Waals surface area contributed by atoms with E-state index in [2.05, 4.69) is 26.5 Å². The maximum absolute atomic E-state index is 14.3. The molecule has 1 aliphatic rings. The molecule has 5 rings (SSSR count). The average molecular weight is 586 g/mol. The predicted molar refractivity (Wildman–Crippen MR) is 167 cm³/mol. The van der Waals surface area contributed by atoms with Crippen LogP contribution in [0.5, 0.6) is 0 Å². The number of anilines is 1. The third-order valence-corrected chi connectivity index (χ3v) is 8.23. The van der Waals surface area contributed by atoms with Gasteiger partial charge in [0.1, 0.15) is 11.6 Å². The summed E-state index contributed by atoms with van der Waals surface area (Å²) in [5.41, 5.74) is 4.04. The molecule has 0 unspecified atom stereocenters. The summed E-state index contributed by atoms with van der Waals surface area (Å²) in [7, 11) is 0. The monoisotopic (exact) mass is 584 g/mol. The largest absolute Gasteiger partial charge is 0.363 e. The minimum absolute atomic E-state index is 0.0398. The Morgan fingerprint density at radius 1 is 1.10 bits per heavy atom. The molecule has 41 heavy (non-hydrogen) atoms. The Kier molecular flexibility index (Phi) is 7.95. The highest BCUT2D eigenvalue weighted by atomic mass is 35.5. The van der Waals surface area contributed by atoms with Crippen molar-refractivity contribution >= 4 is 45.7 Å². The smallest absolute Gasteiger partial charge is 0.275 e. The number of amides is 1. The zero-order chi connectivity index (χ0) is 29.4. The van der Waals surface area contributed by atoms with Gasteiger partial charge in [-0.2, -0.15) is 5.26 Å². The molecule has 2 heterocycles. The molecule has 208 valence electrons. The number of hydrogen-bond acceptors (Lipinski definition) is 4. The van der Waals surface area contributed by atoms with E-state index in [4.69, 9.17) is 23.2 Å². The van der Waals surface area contributed by atoms with Crippen molar-refractivity contribution in [2.24, 2.45) is 0 Å². The van der Waals surface area contributed by atoms with Crippen molar-refractivity contribution < 1.29 is 4.79 Å². The van der Waals surface area contributed by atoms with Crippen LogP contribution in [0.15, 0.2) is 78.1 Å². The van der Waals surface area contributed by atoms with Crippen LogP contribution in [0.4, 0.5) is 5.69 Å². The topological polar surface area (TPSA) is 69.3 Å². The van der Waals surface area contributed by atoms with Gasteiger partial charge in [0, 0.05) is 46.7 Å². The van der Waals surface area contributed by atoms with Gasteiger partial charge >= 0.3 is 0 Å². The van der Waals surface area contributed by atoms with Crippen molar-refractivity contribution in [3.05, 3.63) is 105 Å². The first-order valence-electron chi connectivity index (χ1n) is 13.5. The van der Waals surface area contributed by atoms with E-state index in [1.54, 1.807) is 15.5 Å². The maximum atomic E-state index is 14.3. The number of hydrogen-bond donors (Lipinski definition) is 0. The zero-order valence-electron chi connectivity index (χ0n) is 23.2. The highest BCUT2D eigenvalue weighted by Gasteiger charge is 2.31. The third kappa shape index (κ3) is 5.12. The second-order valence-electron chi connectivity index (χ2n) is 10.6. The first kappa shape index (κ1) is 28.5. The molecule has 1 amide bonds. The van der Waals surface area contributed by atoms with Crippen LogP contribution in [0.2, 0.25) is 10.0 Å². The molecule has 1 aliphatic heterocycles. The fraction of sp³-hybridized carbons (Fsp3) is 0.242. The number of rotatable bonds is 5. The van der Waals surface area contributed by atoms with Crippen molar-refractivity contribution in [1.82, 2.24) is 9.47 Å². The third-order valence-electron chi connectivity index (χ3n) is 7.68. The lowest BCUT2D eigenvalue weighted by Crippen LogP contribution is -2.54. The van der Waals surface area contributed by atoms with Crippen molar-refractivity contribution in [1.29, 1.82) is 5.26 Å². The van der Waals surface area contributed by atoms with Gasteiger partial charge in [-0.1, -0.05) is 74.0 Å². The van der Waals surface area contributed by atoms with Crippen LogP contribution in [-0.2, 0) is 4.79 Å². The van der Waals surface area contributed by atoms with E-state index in [1.807, 2.05) is 66.4 Å². The van der Waals surface area contributed by atoms with Gasteiger partial charge in [-0.25, -0.2) is 0 Å². The number of fused-ring (bicyclic) bond motifs is 1. The SMILES string of the molecule is C=CC(=O)N1CCN(c2c(C#N)c(=O)n(-c3ccccc3C(C)C)c3cc(-c4cccc(Cl)c4)c(Cl)cc23)[C@@H](C)C1. The minimum atomic E-state index is -0.403. The van der Waals surface area contributed by atoms with E-state index in [0.29, 0.717) is 46.3 Å². The summed E-state index contributed by atoms with van der Waals surface area (Å²) < 4.78 is 1.64. The Morgan fingerprint density at radius 3 is 2.51 bits per heavy atom. The van der Waals surface area contributed by atoms with E-state index in [9.17, 15) is 14.9 Å². The molecule has 0 spiro atoms. The van der Waals surface area contributed by atoms with Gasteiger partial charge in [-0.3, -0.25) is 14.2 Å². The van der Waals surface area contributed by atoms with Gasteiger partial charge in [0.05, 0.1) is 16.9 Å². The molecule has 1 aromatic heterocycles. The van der Waals surface area contributed by atoms with Crippen LogP contribution in [0.1, 0.15) is 37.8 Å². The number of nitriles is 1. The molecule has 6 nitrogen and oxygen atoms in total. The van der Waals surface area contributed by atoms with E-state index < -0.39 is 5.56 Å². The number of halogens is 2. The Morgan fingerprint density at radius 2 is 1.85 bits per heavy atom. The van der Waals surface area contributed by atoms with Crippen LogP contribution in [0, 0.1) is 11.3 Å². The zero-order valence-corrected chi connectivity index (χ0v) is 24.7. The molecule has 3 aromatic carbocycles. The van der Waals surface area contributed by atoms with Crippen molar-refractivity contribution in [2.45, 2.75) is 32.7 Å². The van der Waals surface area contributed by atoms with Crippen molar-refractivity contribution in [3.8, 4) is 22.9 Å². The summed E-state index contributed by atoms with van der Waals surface area (Å²) in [4.78, 5) is 30.5. The Bertz CT molecular complexity index is 1790. The van der Waals surface area contributed by atoms with Crippen LogP contribution in [0.25, 0.3) is 27.7 Å². The number of aromatic nitrogens is 1. The molecule has 1 saturated heterocycles. The van der Waals surface area contributed by atoms with E-state index >= 15 is 0 Å². The molecule has 8 heteroatoms. The molecular formula is C33H30Cl2N4O2. The highest BCUT2D eigenvalue weighted by molar-refractivity contribution is 6.35. The predicted octanol–water partition coefficient (Wildman–Crippen LogP) is 7.18. The van der Waals surface area contributed by atoms with Crippen LogP contribution < -0.4 is 10.5 Å². The van der Waals surface area contributed by atoms with Gasteiger partial charge in [-0.05, 0) is 60.4 Å². The van der Waals surface area contributed by atoms with Gasteiger partial charge in [0.25, 0.3) is 5.56 Å². The summed E-state index contributed by atoms with van der Waals surface area (Å²) in [6, 6.07) is 21.0. The van der Waals surface area contributed by atoms with Crippen LogP contribution >= 0.6 is 23.2 Å². The van der Waals surface area contributed by atoms with Gasteiger partial charge in [0.15, 0.2) is 0 Å². The molecule has 1 fully saturated rings. The second-order valence-corrected chi connectivity index (χ2v) is 11.4. The summed E-state index contributed by atoms with van der Waals surface area (Å²) in [6.07, 6.45) is 1.31.